The summed E-state index contributed by atoms with van der Waals surface area (Å²) in [7, 11) is 0. The zero-order valence-corrected chi connectivity index (χ0v) is 8.83. The van der Waals surface area contributed by atoms with Crippen molar-refractivity contribution in [3.63, 3.8) is 0 Å². The second kappa shape index (κ2) is 5.26. The Morgan fingerprint density at radius 3 is 2.21 bits per heavy atom. The zero-order chi connectivity index (χ0) is 11.3. The van der Waals surface area contributed by atoms with E-state index in [0.717, 1.165) is 0 Å². The van der Waals surface area contributed by atoms with Crippen molar-refractivity contribution in [2.24, 2.45) is 17.4 Å². The molecule has 0 aromatic carbocycles. The Morgan fingerprint density at radius 2 is 1.93 bits per heavy atom. The van der Waals surface area contributed by atoms with Crippen molar-refractivity contribution < 1.29 is 14.9 Å². The van der Waals surface area contributed by atoms with Gasteiger partial charge in [-0.15, -0.1) is 0 Å². The summed E-state index contributed by atoms with van der Waals surface area (Å²) in [6.45, 7) is 5.67. The molecule has 14 heavy (non-hydrogen) atoms. The van der Waals surface area contributed by atoms with Crippen molar-refractivity contribution >= 4 is 11.8 Å². The van der Waals surface area contributed by atoms with Gasteiger partial charge in [0.05, 0.1) is 12.2 Å². The summed E-state index contributed by atoms with van der Waals surface area (Å²) in [6, 6.07) is 0. The molecule has 0 aliphatic carbocycles. The molecule has 0 saturated carbocycles. The lowest BCUT2D eigenvalue weighted by atomic mass is 10.00. The molecule has 0 unspecified atom stereocenters. The van der Waals surface area contributed by atoms with Crippen molar-refractivity contribution in [3.05, 3.63) is 11.3 Å². The molecular formula is C9H18N3O2+. The molecule has 5 nitrogen and oxygen atoms in total. The Kier molecular flexibility index (Phi) is 4.69. The molecule has 0 aromatic rings. The molecule has 0 aromatic heterocycles. The summed E-state index contributed by atoms with van der Waals surface area (Å²) in [5.41, 5.74) is 11.4. The minimum Gasteiger partial charge on any atom is -0.461 e. The van der Waals surface area contributed by atoms with Crippen LogP contribution in [0, 0.1) is 5.92 Å². The average Bonchev–Trinajstić information content (AvgIpc) is 2.03. The molecule has 0 fully saturated rings. The number of rotatable bonds is 4. The molecule has 0 saturated heterocycles. The van der Waals surface area contributed by atoms with Crippen LogP contribution in [-0.2, 0) is 9.53 Å². The van der Waals surface area contributed by atoms with Crippen LogP contribution in [0.2, 0.25) is 0 Å². The molecule has 6 N–H and O–H groups in total. The van der Waals surface area contributed by atoms with Crippen LogP contribution in [0.5, 0.6) is 0 Å². The first-order valence-corrected chi connectivity index (χ1v) is 4.46. The normalized spacial score (nSPS) is 12.3. The van der Waals surface area contributed by atoms with Crippen molar-refractivity contribution in [3.8, 4) is 0 Å². The number of carbonyl (C=O) groups is 1. The lowest BCUT2D eigenvalue weighted by Gasteiger charge is -2.09. The van der Waals surface area contributed by atoms with Gasteiger partial charge in [0, 0.05) is 0 Å². The van der Waals surface area contributed by atoms with Crippen LogP contribution in [0.15, 0.2) is 11.3 Å². The highest BCUT2D eigenvalue weighted by Gasteiger charge is 2.20. The third-order valence-electron chi connectivity index (χ3n) is 1.67. The standard InChI is InChI=1S/C9H17N3O2/c1-4-14-9(13)7(10)6(5(2)3)8(11)12/h5H,4,10H2,1-3H3,(H3,11,12)/p+1/b7-6-. The third kappa shape index (κ3) is 3.08. The lowest BCUT2D eigenvalue weighted by molar-refractivity contribution is -0.139. The molecule has 0 radical (unpaired) electrons. The second-order valence-electron chi connectivity index (χ2n) is 3.16. The Bertz CT molecular complexity index is 269. The first-order valence-electron chi connectivity index (χ1n) is 4.46. The first kappa shape index (κ1) is 12.5. The van der Waals surface area contributed by atoms with Gasteiger partial charge in [0.2, 0.25) is 0 Å². The largest absolute Gasteiger partial charge is 0.461 e. The van der Waals surface area contributed by atoms with E-state index in [4.69, 9.17) is 21.6 Å². The second-order valence-corrected chi connectivity index (χ2v) is 3.16. The highest BCUT2D eigenvalue weighted by molar-refractivity contribution is 6.01. The van der Waals surface area contributed by atoms with Gasteiger partial charge in [-0.1, -0.05) is 13.8 Å². The molecule has 0 bridgehead atoms. The van der Waals surface area contributed by atoms with E-state index >= 15 is 0 Å². The maximum Gasteiger partial charge on any atom is 0.354 e. The molecule has 0 aliphatic heterocycles. The fourth-order valence-corrected chi connectivity index (χ4v) is 1.12. The van der Waals surface area contributed by atoms with Crippen LogP contribution in [-0.4, -0.2) is 18.4 Å². The van der Waals surface area contributed by atoms with Crippen molar-refractivity contribution in [2.45, 2.75) is 20.8 Å². The molecule has 0 atom stereocenters. The van der Waals surface area contributed by atoms with Gasteiger partial charge in [-0.25, -0.2) is 4.79 Å². The molecular weight excluding hydrogens is 182 g/mol. The van der Waals surface area contributed by atoms with Gasteiger partial charge < -0.3 is 10.5 Å². The van der Waals surface area contributed by atoms with E-state index in [1.165, 1.54) is 0 Å². The van der Waals surface area contributed by atoms with Gasteiger partial charge in [-0.3, -0.25) is 11.1 Å². The smallest absolute Gasteiger partial charge is 0.354 e. The summed E-state index contributed by atoms with van der Waals surface area (Å²) in [4.78, 5) is 11.3. The summed E-state index contributed by atoms with van der Waals surface area (Å²) in [5.74, 6) is -0.528. The Balaban J connectivity index is 5.00. The summed E-state index contributed by atoms with van der Waals surface area (Å²) < 4.78 is 4.74. The Morgan fingerprint density at radius 1 is 1.43 bits per heavy atom. The SMILES string of the molecule is CCOC(=O)/C(N)=C(/C(N)=[NH2+])C(C)C. The van der Waals surface area contributed by atoms with Crippen LogP contribution >= 0.6 is 0 Å². The third-order valence-corrected chi connectivity index (χ3v) is 1.67. The first-order chi connectivity index (χ1) is 6.41. The van der Waals surface area contributed by atoms with Gasteiger partial charge in [-0.05, 0) is 12.8 Å². The number of ether oxygens (including phenoxy) is 1. The van der Waals surface area contributed by atoms with Crippen LogP contribution in [0.1, 0.15) is 20.8 Å². The van der Waals surface area contributed by atoms with E-state index in [1.807, 2.05) is 13.8 Å². The Labute approximate surface area is 83.6 Å². The van der Waals surface area contributed by atoms with Gasteiger partial charge in [-0.2, -0.15) is 0 Å². The molecule has 0 spiro atoms. The average molecular weight is 200 g/mol. The number of amidine groups is 1. The predicted octanol–water partition coefficient (Wildman–Crippen LogP) is -1.47. The number of esters is 1. The summed E-state index contributed by atoms with van der Waals surface area (Å²) in [5, 5.41) is 5.42. The van der Waals surface area contributed by atoms with Crippen LogP contribution in [0.3, 0.4) is 0 Å². The molecule has 80 valence electrons. The van der Waals surface area contributed by atoms with Crippen molar-refractivity contribution in [1.29, 1.82) is 0 Å². The number of nitrogens with two attached hydrogens (primary N) is 3. The van der Waals surface area contributed by atoms with Gasteiger partial charge in [0.25, 0.3) is 5.84 Å². The fraction of sp³-hybridized carbons (Fsp3) is 0.556. The molecule has 5 heteroatoms. The minimum absolute atomic E-state index is 0.00981. The molecule has 0 heterocycles. The maximum absolute atomic E-state index is 11.3. The van der Waals surface area contributed by atoms with Crippen LogP contribution < -0.4 is 16.9 Å². The van der Waals surface area contributed by atoms with Gasteiger partial charge in [0.1, 0.15) is 5.70 Å². The van der Waals surface area contributed by atoms with Crippen LogP contribution in [0.25, 0.3) is 0 Å². The summed E-state index contributed by atoms with van der Waals surface area (Å²) in [6.07, 6.45) is 0. The molecule has 0 aliphatic rings. The van der Waals surface area contributed by atoms with Gasteiger partial charge >= 0.3 is 5.97 Å². The maximum atomic E-state index is 11.3. The van der Waals surface area contributed by atoms with E-state index in [9.17, 15) is 4.79 Å². The highest BCUT2D eigenvalue weighted by Crippen LogP contribution is 2.11. The van der Waals surface area contributed by atoms with Crippen LogP contribution in [0.4, 0.5) is 0 Å². The molecule has 0 rings (SSSR count). The van der Waals surface area contributed by atoms with E-state index in [-0.39, 0.29) is 24.1 Å². The highest BCUT2D eigenvalue weighted by atomic mass is 16.5. The van der Waals surface area contributed by atoms with E-state index in [1.54, 1.807) is 6.92 Å². The zero-order valence-electron chi connectivity index (χ0n) is 8.83. The quantitative estimate of drug-likeness (QED) is 0.223. The predicted molar refractivity (Wildman–Crippen MR) is 53.8 cm³/mol. The number of hydrogen-bond donors (Lipinski definition) is 3. The molecule has 0 amide bonds. The van der Waals surface area contributed by atoms with Crippen molar-refractivity contribution in [1.82, 2.24) is 0 Å². The van der Waals surface area contributed by atoms with E-state index in [2.05, 4.69) is 0 Å². The fourth-order valence-electron chi connectivity index (χ4n) is 1.12. The van der Waals surface area contributed by atoms with Gasteiger partial charge in [0.15, 0.2) is 0 Å². The topological polar surface area (TPSA) is 104 Å². The monoisotopic (exact) mass is 200 g/mol. The van der Waals surface area contributed by atoms with E-state index in [0.29, 0.717) is 5.57 Å². The summed E-state index contributed by atoms with van der Waals surface area (Å²) >= 11 is 0. The van der Waals surface area contributed by atoms with Crippen molar-refractivity contribution in [2.75, 3.05) is 6.61 Å². The minimum atomic E-state index is -0.579. The Hall–Kier alpha value is -1.52. The lowest BCUT2D eigenvalue weighted by Crippen LogP contribution is -2.49. The van der Waals surface area contributed by atoms with E-state index < -0.39 is 5.97 Å². The number of hydrogen-bond acceptors (Lipinski definition) is 3. The number of carbonyl (C=O) groups excluding carboxylic acids is 1.